The molecule has 0 aromatic heterocycles. The zero-order valence-electron chi connectivity index (χ0n) is 23.6. The van der Waals surface area contributed by atoms with Crippen LogP contribution in [0.2, 0.25) is 0 Å². The predicted molar refractivity (Wildman–Crippen MR) is 132 cm³/mol. The van der Waals surface area contributed by atoms with Gasteiger partial charge in [0.05, 0.1) is 6.61 Å². The summed E-state index contributed by atoms with van der Waals surface area (Å²) in [6.07, 6.45) is -14.4. The van der Waals surface area contributed by atoms with Gasteiger partial charge in [-0.25, -0.2) is 9.13 Å². The third-order valence-corrected chi connectivity index (χ3v) is 6.40. The first kappa shape index (κ1) is 38.1. The molecule has 1 aliphatic rings. The van der Waals surface area contributed by atoms with Crippen LogP contribution >= 0.6 is 15.6 Å². The van der Waals surface area contributed by atoms with E-state index in [2.05, 4.69) is 0 Å². The van der Waals surface area contributed by atoms with E-state index in [0.29, 0.717) is 0 Å². The van der Waals surface area contributed by atoms with Crippen LogP contribution in [0.15, 0.2) is 0 Å². The van der Waals surface area contributed by atoms with E-state index in [1.807, 2.05) is 0 Å². The molecule has 0 radical (unpaired) electrons. The van der Waals surface area contributed by atoms with E-state index in [4.69, 9.17) is 42.0 Å². The lowest BCUT2D eigenvalue weighted by atomic mass is 9.84. The average molecular weight is 666 g/mol. The number of ether oxygens (including phenoxy) is 6. The van der Waals surface area contributed by atoms with Gasteiger partial charge in [-0.1, -0.05) is 0 Å². The third-order valence-electron chi connectivity index (χ3n) is 4.89. The molecule has 1 saturated carbocycles. The molecular weight excluding hydrogens is 634 g/mol. The van der Waals surface area contributed by atoms with Crippen LogP contribution in [-0.2, 0) is 79.9 Å². The first-order chi connectivity index (χ1) is 19.6. The maximum atomic E-state index is 13.1. The fourth-order valence-electron chi connectivity index (χ4n) is 3.75. The Morgan fingerprint density at radius 1 is 0.558 bits per heavy atom. The SMILES string of the molecule is CC(=O)OCC(COP(=O)(O)OC1C(OC(C)=O)C(OC(C)=O)C(OP(=O)(O)O)C(OC(C)=O)C1OC(C)=O)OC(C)=O. The van der Waals surface area contributed by atoms with Crippen molar-refractivity contribution in [2.24, 2.45) is 0 Å². The van der Waals surface area contributed by atoms with Gasteiger partial charge in [0, 0.05) is 41.5 Å². The molecule has 6 atom stereocenters. The van der Waals surface area contributed by atoms with Crippen molar-refractivity contribution < 1.29 is 94.6 Å². The summed E-state index contributed by atoms with van der Waals surface area (Å²) >= 11 is 0. The highest BCUT2D eigenvalue weighted by Crippen LogP contribution is 2.50. The fourth-order valence-corrected chi connectivity index (χ4v) is 5.27. The van der Waals surface area contributed by atoms with Crippen molar-refractivity contribution in [3.05, 3.63) is 0 Å². The van der Waals surface area contributed by atoms with Crippen LogP contribution in [0, 0.1) is 0 Å². The van der Waals surface area contributed by atoms with Crippen LogP contribution < -0.4 is 0 Å². The van der Waals surface area contributed by atoms with Gasteiger partial charge in [0.15, 0.2) is 42.7 Å². The topological polar surface area (TPSA) is 280 Å². The Balaban J connectivity index is 3.67. The van der Waals surface area contributed by atoms with Crippen molar-refractivity contribution in [3.63, 3.8) is 0 Å². The zero-order valence-corrected chi connectivity index (χ0v) is 25.4. The molecule has 6 unspecified atom stereocenters. The van der Waals surface area contributed by atoms with Crippen molar-refractivity contribution in [3.8, 4) is 0 Å². The summed E-state index contributed by atoms with van der Waals surface area (Å²) < 4.78 is 69.4. The van der Waals surface area contributed by atoms with Gasteiger partial charge in [0.2, 0.25) is 0 Å². The second kappa shape index (κ2) is 16.2. The molecule has 1 aliphatic carbocycles. The molecule has 43 heavy (non-hydrogen) atoms. The lowest BCUT2D eigenvalue weighted by Gasteiger charge is -2.47. The number of hydrogen-bond acceptors (Lipinski definition) is 17. The van der Waals surface area contributed by atoms with Gasteiger partial charge in [-0.05, 0) is 0 Å². The molecule has 0 amide bonds. The molecule has 0 heterocycles. The Morgan fingerprint density at radius 2 is 0.930 bits per heavy atom. The molecule has 0 bridgehead atoms. The minimum atomic E-state index is -5.54. The first-order valence-corrected chi connectivity index (χ1v) is 15.0. The molecule has 1 rings (SSSR count). The van der Waals surface area contributed by atoms with Crippen molar-refractivity contribution >= 4 is 51.5 Å². The Kier molecular flexibility index (Phi) is 14.3. The lowest BCUT2D eigenvalue weighted by molar-refractivity contribution is -0.246. The van der Waals surface area contributed by atoms with Gasteiger partial charge < -0.3 is 43.1 Å². The van der Waals surface area contributed by atoms with Crippen LogP contribution in [0.3, 0.4) is 0 Å². The molecule has 246 valence electrons. The molecule has 22 heteroatoms. The minimum absolute atomic E-state index is 0.616. The molecule has 0 saturated heterocycles. The third kappa shape index (κ3) is 13.9. The maximum Gasteiger partial charge on any atom is 0.472 e. The van der Waals surface area contributed by atoms with Crippen LogP contribution in [-0.4, -0.2) is 106 Å². The van der Waals surface area contributed by atoms with Crippen LogP contribution in [0.5, 0.6) is 0 Å². The van der Waals surface area contributed by atoms with E-state index >= 15 is 0 Å². The Labute approximate surface area is 244 Å². The van der Waals surface area contributed by atoms with Gasteiger partial charge in [0.25, 0.3) is 0 Å². The fraction of sp³-hybridized carbons (Fsp3) is 0.714. The molecule has 0 spiro atoms. The first-order valence-electron chi connectivity index (χ1n) is 12.0. The van der Waals surface area contributed by atoms with E-state index in [9.17, 15) is 52.6 Å². The molecule has 3 N–H and O–H groups in total. The van der Waals surface area contributed by atoms with Crippen molar-refractivity contribution in [2.75, 3.05) is 13.2 Å². The van der Waals surface area contributed by atoms with Crippen molar-refractivity contribution in [1.29, 1.82) is 0 Å². The molecule has 20 nitrogen and oxygen atoms in total. The molecule has 1 fully saturated rings. The molecule has 0 aromatic rings. The summed E-state index contributed by atoms with van der Waals surface area (Å²) in [5.74, 6) is -6.34. The number of rotatable bonds is 14. The van der Waals surface area contributed by atoms with Gasteiger partial charge in [0.1, 0.15) is 6.61 Å². The Hall–Kier alpha value is -2.96. The zero-order chi connectivity index (χ0) is 33.3. The van der Waals surface area contributed by atoms with Gasteiger partial charge in [-0.3, -0.25) is 42.3 Å². The van der Waals surface area contributed by atoms with Crippen LogP contribution in [0.1, 0.15) is 41.5 Å². The number of phosphoric ester groups is 2. The number of hydrogen-bond donors (Lipinski definition) is 3. The predicted octanol–water partition coefficient (Wildman–Crippen LogP) is -0.798. The van der Waals surface area contributed by atoms with Crippen LogP contribution in [0.25, 0.3) is 0 Å². The summed E-state index contributed by atoms with van der Waals surface area (Å²) in [5.41, 5.74) is 0. The summed E-state index contributed by atoms with van der Waals surface area (Å²) in [5, 5.41) is 0. The monoisotopic (exact) mass is 666 g/mol. The Morgan fingerprint density at radius 3 is 1.23 bits per heavy atom. The highest BCUT2D eigenvalue weighted by Gasteiger charge is 2.61. The number of carbonyl (C=O) groups is 6. The summed E-state index contributed by atoms with van der Waals surface area (Å²) in [4.78, 5) is 100. The number of esters is 6. The van der Waals surface area contributed by atoms with E-state index in [-0.39, 0.29) is 0 Å². The number of carbonyl (C=O) groups excluding carboxylic acids is 6. The second-order valence-electron chi connectivity index (χ2n) is 8.73. The van der Waals surface area contributed by atoms with Crippen LogP contribution in [0.4, 0.5) is 0 Å². The summed E-state index contributed by atoms with van der Waals surface area (Å²) in [6, 6.07) is 0. The molecular formula is C21H32O20P2. The quantitative estimate of drug-likeness (QED) is 0.116. The summed E-state index contributed by atoms with van der Waals surface area (Å²) in [6.45, 7) is 3.76. The normalized spacial score (nSPS) is 25.7. The van der Waals surface area contributed by atoms with E-state index < -0.39 is 107 Å². The van der Waals surface area contributed by atoms with Crippen molar-refractivity contribution in [1.82, 2.24) is 0 Å². The highest BCUT2D eigenvalue weighted by atomic mass is 31.2. The van der Waals surface area contributed by atoms with Crippen molar-refractivity contribution in [2.45, 2.75) is 84.3 Å². The largest absolute Gasteiger partial charge is 0.472 e. The highest BCUT2D eigenvalue weighted by molar-refractivity contribution is 7.47. The van der Waals surface area contributed by atoms with E-state index in [1.165, 1.54) is 0 Å². The molecule has 0 aliphatic heterocycles. The standard InChI is InChI=1S/C21H32O20P2/c1-9(22)33-7-15(35-10(2)23)8-34-43(31,32)41-21-18(38-13(5)26)16(36-11(3)24)20(40-42(28,29)30)17(37-12(4)25)19(21)39-14(6)27/h15-21H,7-8H2,1-6H3,(H,31,32)(H2,28,29,30). The minimum Gasteiger partial charge on any atom is -0.462 e. The van der Waals surface area contributed by atoms with E-state index in [0.717, 1.165) is 41.5 Å². The van der Waals surface area contributed by atoms with Gasteiger partial charge in [-0.15, -0.1) is 0 Å². The number of phosphoric acid groups is 2. The molecule has 0 aromatic carbocycles. The van der Waals surface area contributed by atoms with Gasteiger partial charge in [-0.2, -0.15) is 0 Å². The maximum absolute atomic E-state index is 13.1. The van der Waals surface area contributed by atoms with E-state index in [1.54, 1.807) is 0 Å². The lowest BCUT2D eigenvalue weighted by Crippen LogP contribution is -2.68. The Bertz CT molecular complexity index is 1100. The smallest absolute Gasteiger partial charge is 0.462 e. The summed E-state index contributed by atoms with van der Waals surface area (Å²) in [7, 11) is -11.0. The average Bonchev–Trinajstić information content (AvgIpc) is 2.80. The second-order valence-corrected chi connectivity index (χ2v) is 11.3. The van der Waals surface area contributed by atoms with Gasteiger partial charge >= 0.3 is 51.5 Å².